The van der Waals surface area contributed by atoms with Crippen LogP contribution >= 0.6 is 0 Å². The number of hydrogen-bond acceptors (Lipinski definition) is 5. The molecule has 3 heterocycles. The van der Waals surface area contributed by atoms with E-state index in [1.807, 2.05) is 23.9 Å². The van der Waals surface area contributed by atoms with E-state index in [1.54, 1.807) is 12.4 Å². The molecule has 1 amide bonds. The topological polar surface area (TPSA) is 72.3 Å². The second kappa shape index (κ2) is 6.24. The molecule has 1 N–H and O–H groups in total. The molecule has 0 atom stereocenters. The van der Waals surface area contributed by atoms with Crippen LogP contribution in [0.5, 0.6) is 0 Å². The standard InChI is InChI=1S/C17H21N5O2/c1-21-16(12-2-3-12)14(11-19-21)17(23)20-15-5-4-13(10-18-15)22-6-8-24-9-7-22/h4-5,10-12H,2-3,6-9H2,1H3,(H,18,20,23). The number of carbonyl (C=O) groups is 1. The molecule has 0 unspecified atom stereocenters. The number of aromatic nitrogens is 3. The van der Waals surface area contributed by atoms with Crippen molar-refractivity contribution in [1.82, 2.24) is 14.8 Å². The summed E-state index contributed by atoms with van der Waals surface area (Å²) in [6.07, 6.45) is 5.70. The third-order valence-electron chi connectivity index (χ3n) is 4.56. The van der Waals surface area contributed by atoms with Crippen LogP contribution in [0.15, 0.2) is 24.5 Å². The van der Waals surface area contributed by atoms with E-state index in [2.05, 4.69) is 20.3 Å². The molecule has 0 bridgehead atoms. The maximum absolute atomic E-state index is 12.5. The Kier molecular flexibility index (Phi) is 3.93. The zero-order valence-corrected chi connectivity index (χ0v) is 13.7. The van der Waals surface area contributed by atoms with Crippen LogP contribution in [0.2, 0.25) is 0 Å². The van der Waals surface area contributed by atoms with Gasteiger partial charge in [-0.05, 0) is 25.0 Å². The quantitative estimate of drug-likeness (QED) is 0.927. The number of ether oxygens (including phenoxy) is 1. The van der Waals surface area contributed by atoms with Crippen molar-refractivity contribution in [2.75, 3.05) is 36.5 Å². The first-order chi connectivity index (χ1) is 11.7. The van der Waals surface area contributed by atoms with E-state index in [1.165, 1.54) is 0 Å². The molecule has 2 fully saturated rings. The molecule has 1 saturated heterocycles. The summed E-state index contributed by atoms with van der Waals surface area (Å²) in [4.78, 5) is 19.1. The lowest BCUT2D eigenvalue weighted by Crippen LogP contribution is -2.36. The number of carbonyl (C=O) groups excluding carboxylic acids is 1. The Hall–Kier alpha value is -2.41. The molecule has 2 aliphatic rings. The first-order valence-electron chi connectivity index (χ1n) is 8.34. The van der Waals surface area contributed by atoms with Crippen LogP contribution in [0.25, 0.3) is 0 Å². The molecule has 7 nitrogen and oxygen atoms in total. The number of nitrogens with one attached hydrogen (secondary N) is 1. The third kappa shape index (κ3) is 2.99. The average molecular weight is 327 g/mol. The minimum atomic E-state index is -0.142. The monoisotopic (exact) mass is 327 g/mol. The molecule has 1 saturated carbocycles. The van der Waals surface area contributed by atoms with Crippen LogP contribution in [0.4, 0.5) is 11.5 Å². The van der Waals surface area contributed by atoms with Gasteiger partial charge in [-0.25, -0.2) is 4.98 Å². The third-order valence-corrected chi connectivity index (χ3v) is 4.56. The number of rotatable bonds is 4. The molecular weight excluding hydrogens is 306 g/mol. The first-order valence-corrected chi connectivity index (χ1v) is 8.34. The van der Waals surface area contributed by atoms with E-state index in [0.717, 1.165) is 50.5 Å². The number of pyridine rings is 1. The Bertz CT molecular complexity index is 730. The van der Waals surface area contributed by atoms with Crippen LogP contribution in [0, 0.1) is 0 Å². The van der Waals surface area contributed by atoms with E-state index in [4.69, 9.17) is 4.74 Å². The number of morpholine rings is 1. The van der Waals surface area contributed by atoms with Gasteiger partial charge in [-0.1, -0.05) is 0 Å². The Morgan fingerprint density at radius 2 is 2.04 bits per heavy atom. The average Bonchev–Trinajstić information content (AvgIpc) is 3.38. The summed E-state index contributed by atoms with van der Waals surface area (Å²) in [5.74, 6) is 0.883. The second-order valence-corrected chi connectivity index (χ2v) is 6.30. The molecule has 0 aromatic carbocycles. The van der Waals surface area contributed by atoms with Gasteiger partial charge in [0.25, 0.3) is 5.91 Å². The number of aryl methyl sites for hydroxylation is 1. The predicted molar refractivity (Wildman–Crippen MR) is 90.4 cm³/mol. The van der Waals surface area contributed by atoms with Gasteiger partial charge < -0.3 is 15.0 Å². The van der Waals surface area contributed by atoms with Gasteiger partial charge in [-0.3, -0.25) is 9.48 Å². The highest BCUT2D eigenvalue weighted by Crippen LogP contribution is 2.41. The van der Waals surface area contributed by atoms with E-state index < -0.39 is 0 Å². The van der Waals surface area contributed by atoms with Crippen molar-refractivity contribution >= 4 is 17.4 Å². The van der Waals surface area contributed by atoms with Crippen LogP contribution in [0.1, 0.15) is 34.8 Å². The van der Waals surface area contributed by atoms with E-state index in [9.17, 15) is 4.79 Å². The SMILES string of the molecule is Cn1ncc(C(=O)Nc2ccc(N3CCOCC3)cn2)c1C1CC1. The molecule has 2 aromatic rings. The summed E-state index contributed by atoms with van der Waals surface area (Å²) in [5, 5.41) is 7.11. The van der Waals surface area contributed by atoms with Crippen molar-refractivity contribution in [3.8, 4) is 0 Å². The van der Waals surface area contributed by atoms with Gasteiger partial charge in [0.2, 0.25) is 0 Å². The summed E-state index contributed by atoms with van der Waals surface area (Å²) in [5.41, 5.74) is 2.73. The highest BCUT2D eigenvalue weighted by molar-refractivity contribution is 6.04. The molecule has 4 rings (SSSR count). The van der Waals surface area contributed by atoms with Crippen molar-refractivity contribution in [2.45, 2.75) is 18.8 Å². The number of nitrogens with zero attached hydrogens (tertiary/aromatic N) is 4. The molecule has 0 radical (unpaired) electrons. The first kappa shape index (κ1) is 15.1. The summed E-state index contributed by atoms with van der Waals surface area (Å²) in [7, 11) is 1.89. The summed E-state index contributed by atoms with van der Waals surface area (Å²) in [6.45, 7) is 3.22. The molecular formula is C17H21N5O2. The van der Waals surface area contributed by atoms with Crippen LogP contribution in [-0.2, 0) is 11.8 Å². The Morgan fingerprint density at radius 1 is 1.25 bits per heavy atom. The maximum Gasteiger partial charge on any atom is 0.260 e. The van der Waals surface area contributed by atoms with Gasteiger partial charge in [-0.15, -0.1) is 0 Å². The Balaban J connectivity index is 1.46. The van der Waals surface area contributed by atoms with Crippen molar-refractivity contribution in [3.05, 3.63) is 35.8 Å². The smallest absolute Gasteiger partial charge is 0.260 e. The molecule has 7 heteroatoms. The highest BCUT2D eigenvalue weighted by atomic mass is 16.5. The normalized spacial score (nSPS) is 17.8. The van der Waals surface area contributed by atoms with Crippen LogP contribution < -0.4 is 10.2 Å². The van der Waals surface area contributed by atoms with Gasteiger partial charge in [0.05, 0.1) is 42.6 Å². The van der Waals surface area contributed by atoms with Gasteiger partial charge in [0, 0.05) is 26.1 Å². The molecule has 1 aliphatic heterocycles. The summed E-state index contributed by atoms with van der Waals surface area (Å²) >= 11 is 0. The number of amides is 1. The fourth-order valence-electron chi connectivity index (χ4n) is 3.12. The van der Waals surface area contributed by atoms with Gasteiger partial charge in [0.1, 0.15) is 5.82 Å². The fourth-order valence-corrected chi connectivity index (χ4v) is 3.12. The second-order valence-electron chi connectivity index (χ2n) is 6.30. The summed E-state index contributed by atoms with van der Waals surface area (Å²) in [6, 6.07) is 3.83. The van der Waals surface area contributed by atoms with Crippen molar-refractivity contribution in [1.29, 1.82) is 0 Å². The van der Waals surface area contributed by atoms with Crippen LogP contribution in [0.3, 0.4) is 0 Å². The van der Waals surface area contributed by atoms with Gasteiger partial charge >= 0.3 is 0 Å². The molecule has 1 aliphatic carbocycles. The van der Waals surface area contributed by atoms with E-state index in [-0.39, 0.29) is 5.91 Å². The van der Waals surface area contributed by atoms with Gasteiger partial charge in [-0.2, -0.15) is 5.10 Å². The van der Waals surface area contributed by atoms with E-state index >= 15 is 0 Å². The molecule has 0 spiro atoms. The Morgan fingerprint density at radius 3 is 2.71 bits per heavy atom. The van der Waals surface area contributed by atoms with Crippen molar-refractivity contribution < 1.29 is 9.53 Å². The Labute approximate surface area is 140 Å². The zero-order valence-electron chi connectivity index (χ0n) is 13.7. The largest absolute Gasteiger partial charge is 0.378 e. The fraction of sp³-hybridized carbons (Fsp3) is 0.471. The minimum absolute atomic E-state index is 0.142. The molecule has 2 aromatic heterocycles. The molecule has 24 heavy (non-hydrogen) atoms. The number of anilines is 2. The lowest BCUT2D eigenvalue weighted by Gasteiger charge is -2.28. The predicted octanol–water partition coefficient (Wildman–Crippen LogP) is 1.78. The number of hydrogen-bond donors (Lipinski definition) is 1. The van der Waals surface area contributed by atoms with E-state index in [0.29, 0.717) is 17.3 Å². The zero-order chi connectivity index (χ0) is 16.5. The molecule has 126 valence electrons. The van der Waals surface area contributed by atoms with Crippen LogP contribution in [-0.4, -0.2) is 47.0 Å². The van der Waals surface area contributed by atoms with Crippen molar-refractivity contribution in [3.63, 3.8) is 0 Å². The maximum atomic E-state index is 12.5. The van der Waals surface area contributed by atoms with Gasteiger partial charge in [0.15, 0.2) is 0 Å². The highest BCUT2D eigenvalue weighted by Gasteiger charge is 2.31. The summed E-state index contributed by atoms with van der Waals surface area (Å²) < 4.78 is 7.16. The van der Waals surface area contributed by atoms with Crippen molar-refractivity contribution in [2.24, 2.45) is 7.05 Å². The lowest BCUT2D eigenvalue weighted by molar-refractivity contribution is 0.102. The lowest BCUT2D eigenvalue weighted by atomic mass is 10.1. The minimum Gasteiger partial charge on any atom is -0.378 e.